The molecule has 4 aliphatic rings. The molecule has 0 radical (unpaired) electrons. The average molecular weight is 641 g/mol. The molecule has 1 aliphatic heterocycles. The molecule has 2 bridgehead atoms. The number of aliphatic hydroxyl groups excluding tert-OH is 1. The topological polar surface area (TPSA) is 112 Å². The fourth-order valence-electron chi connectivity index (χ4n) is 8.03. The largest absolute Gasteiger partial charge is 0.461 e. The minimum absolute atomic E-state index is 0.0832. The average Bonchev–Trinajstić information content (AvgIpc) is 3.83. The highest BCUT2D eigenvalue weighted by Gasteiger charge is 2.58. The van der Waals surface area contributed by atoms with Gasteiger partial charge in [-0.15, -0.1) is 0 Å². The lowest BCUT2D eigenvalue weighted by Crippen LogP contribution is -2.55. The monoisotopic (exact) mass is 640 g/mol. The second-order valence-electron chi connectivity index (χ2n) is 14.1. The van der Waals surface area contributed by atoms with Crippen LogP contribution in [0.1, 0.15) is 98.4 Å². The fraction of sp³-hybridized carbons (Fsp3) is 0.487. The van der Waals surface area contributed by atoms with Crippen LogP contribution in [-0.4, -0.2) is 64.4 Å². The number of ketones is 1. The first-order valence-electron chi connectivity index (χ1n) is 17.1. The number of para-hydroxylation sites is 1. The Hall–Kier alpha value is -3.72. The van der Waals surface area contributed by atoms with Crippen molar-refractivity contribution in [3.63, 3.8) is 0 Å². The van der Waals surface area contributed by atoms with Gasteiger partial charge >= 0.3 is 6.03 Å². The third-order valence-corrected chi connectivity index (χ3v) is 10.9. The minimum atomic E-state index is -1.23. The van der Waals surface area contributed by atoms with Crippen LogP contribution in [0.5, 0.6) is 0 Å². The van der Waals surface area contributed by atoms with Gasteiger partial charge in [-0.1, -0.05) is 48.9 Å². The molecule has 250 valence electrons. The number of amides is 2. The number of ether oxygens (including phenoxy) is 1. The summed E-state index contributed by atoms with van der Waals surface area (Å²) in [6.07, 6.45) is 9.34. The van der Waals surface area contributed by atoms with Crippen LogP contribution in [0.3, 0.4) is 0 Å². The van der Waals surface area contributed by atoms with Crippen molar-refractivity contribution >= 4 is 17.5 Å². The molecule has 3 aromatic rings. The lowest BCUT2D eigenvalue weighted by Gasteiger charge is -2.46. The highest BCUT2D eigenvalue weighted by Crippen LogP contribution is 2.59. The molecule has 1 saturated heterocycles. The number of anilines is 1. The summed E-state index contributed by atoms with van der Waals surface area (Å²) in [6, 6.07) is 18.5. The predicted molar refractivity (Wildman–Crippen MR) is 182 cm³/mol. The van der Waals surface area contributed by atoms with Crippen LogP contribution < -0.4 is 5.32 Å². The molecule has 7 rings (SSSR count). The predicted octanol–water partition coefficient (Wildman–Crippen LogP) is 7.26. The standard InChI is InChI=1S/C39H48N2O6/c1-27-9-6-19-38(2)34(32-17-15-28(23-30(42)16-14-27)24-33(32)36(43)35-13-8-22-47-35)18-20-39(38,45)26-41(25-31-12-7-21-46-31)37(44)40-29-10-4-3-5-11-29/h3-5,8-11,13,15,17,22,24,30-31,34,42,45H,6-7,12,14,16,18-21,23,25-26H2,1-2H3,(H,40,44)/t30-,31+,34-,38-,39+/m0/s1. The number of fused-ring (bicyclic) bond motifs is 8. The van der Waals surface area contributed by atoms with E-state index in [-0.39, 0.29) is 36.1 Å². The summed E-state index contributed by atoms with van der Waals surface area (Å²) in [4.78, 5) is 29.6. The molecule has 2 fully saturated rings. The van der Waals surface area contributed by atoms with Gasteiger partial charge in [0.05, 0.1) is 30.6 Å². The highest BCUT2D eigenvalue weighted by atomic mass is 16.5. The summed E-state index contributed by atoms with van der Waals surface area (Å²) >= 11 is 0. The Morgan fingerprint density at radius 1 is 1.04 bits per heavy atom. The number of allylic oxidation sites excluding steroid dienone is 2. The van der Waals surface area contributed by atoms with Gasteiger partial charge in [-0.25, -0.2) is 4.79 Å². The van der Waals surface area contributed by atoms with Crippen molar-refractivity contribution in [3.8, 4) is 0 Å². The van der Waals surface area contributed by atoms with Crippen molar-refractivity contribution in [2.45, 2.75) is 95.4 Å². The number of furan rings is 1. The van der Waals surface area contributed by atoms with Gasteiger partial charge in [-0.05, 0) is 112 Å². The maximum atomic E-state index is 14.0. The number of nitrogens with zero attached hydrogens (tertiary/aromatic N) is 1. The minimum Gasteiger partial charge on any atom is -0.461 e. The molecular weight excluding hydrogens is 592 g/mol. The summed E-state index contributed by atoms with van der Waals surface area (Å²) in [5, 5.41) is 26.8. The van der Waals surface area contributed by atoms with Crippen LogP contribution in [0.15, 0.2) is 83.0 Å². The van der Waals surface area contributed by atoms with Gasteiger partial charge in [-0.3, -0.25) is 4.79 Å². The summed E-state index contributed by atoms with van der Waals surface area (Å²) in [6.45, 7) is 5.45. The van der Waals surface area contributed by atoms with Crippen LogP contribution in [0.25, 0.3) is 0 Å². The van der Waals surface area contributed by atoms with Crippen LogP contribution in [0.2, 0.25) is 0 Å². The van der Waals surface area contributed by atoms with Crippen LogP contribution >= 0.6 is 0 Å². The molecule has 1 aromatic heterocycles. The first-order chi connectivity index (χ1) is 22.6. The van der Waals surface area contributed by atoms with Gasteiger partial charge in [0.2, 0.25) is 5.78 Å². The zero-order valence-electron chi connectivity index (χ0n) is 27.6. The maximum Gasteiger partial charge on any atom is 0.322 e. The van der Waals surface area contributed by atoms with Gasteiger partial charge in [0.1, 0.15) is 0 Å². The third kappa shape index (κ3) is 7.25. The molecule has 3 aliphatic carbocycles. The van der Waals surface area contributed by atoms with Crippen LogP contribution in [-0.2, 0) is 11.2 Å². The zero-order chi connectivity index (χ0) is 33.0. The molecule has 0 spiro atoms. The lowest BCUT2D eigenvalue weighted by molar-refractivity contribution is -0.0799. The Bertz CT molecular complexity index is 1560. The first-order valence-corrected chi connectivity index (χ1v) is 17.1. The van der Waals surface area contributed by atoms with E-state index in [9.17, 15) is 19.8 Å². The number of nitrogens with one attached hydrogen (secondary N) is 1. The summed E-state index contributed by atoms with van der Waals surface area (Å²) in [7, 11) is 0. The van der Waals surface area contributed by atoms with E-state index in [1.54, 1.807) is 17.0 Å². The quantitative estimate of drug-likeness (QED) is 0.185. The Labute approximate surface area is 277 Å². The van der Waals surface area contributed by atoms with Crippen LogP contribution in [0.4, 0.5) is 10.5 Å². The van der Waals surface area contributed by atoms with E-state index in [0.717, 1.165) is 36.8 Å². The molecular formula is C39H48N2O6. The van der Waals surface area contributed by atoms with Gasteiger partial charge in [0.15, 0.2) is 5.76 Å². The number of carbonyl (C=O) groups is 2. The van der Waals surface area contributed by atoms with Gasteiger partial charge in [0.25, 0.3) is 0 Å². The number of rotatable bonds is 7. The summed E-state index contributed by atoms with van der Waals surface area (Å²) in [5.74, 6) is -0.0954. The third-order valence-electron chi connectivity index (χ3n) is 10.9. The smallest absolute Gasteiger partial charge is 0.322 e. The van der Waals surface area contributed by atoms with Crippen LogP contribution in [0, 0.1) is 5.41 Å². The van der Waals surface area contributed by atoms with E-state index >= 15 is 0 Å². The van der Waals surface area contributed by atoms with E-state index in [1.807, 2.05) is 48.5 Å². The van der Waals surface area contributed by atoms with Crippen molar-refractivity contribution in [1.29, 1.82) is 0 Å². The SMILES string of the molecule is CC1=CCC[C@@]2(C)[C@@H](CC[C@@]2(O)CN(C[C@H]2CCCO2)C(=O)Nc2ccccc2)c2ccc(cc2C(=O)c2ccco2)C[C@@H](O)CC1. The van der Waals surface area contributed by atoms with Crippen molar-refractivity contribution in [2.75, 3.05) is 25.0 Å². The molecule has 2 aromatic carbocycles. The first kappa shape index (κ1) is 33.2. The van der Waals surface area contributed by atoms with E-state index in [0.29, 0.717) is 56.5 Å². The number of hydrogen-bond donors (Lipinski definition) is 3. The van der Waals surface area contributed by atoms with Crippen molar-refractivity contribution in [1.82, 2.24) is 4.90 Å². The molecule has 8 nitrogen and oxygen atoms in total. The highest BCUT2D eigenvalue weighted by molar-refractivity contribution is 6.08. The molecule has 47 heavy (non-hydrogen) atoms. The van der Waals surface area contributed by atoms with E-state index in [2.05, 4.69) is 25.2 Å². The van der Waals surface area contributed by atoms with Crippen molar-refractivity contribution in [2.24, 2.45) is 5.41 Å². The summed E-state index contributed by atoms with van der Waals surface area (Å²) in [5.41, 5.74) is 2.32. The number of hydrogen-bond acceptors (Lipinski definition) is 6. The fourth-order valence-corrected chi connectivity index (χ4v) is 8.03. The van der Waals surface area contributed by atoms with Crippen molar-refractivity contribution in [3.05, 3.63) is 101 Å². The normalized spacial score (nSPS) is 27.9. The Balaban J connectivity index is 1.39. The number of benzene rings is 2. The Kier molecular flexibility index (Phi) is 10.0. The number of urea groups is 1. The second kappa shape index (κ2) is 14.2. The molecule has 2 heterocycles. The number of aliphatic hydroxyl groups is 2. The molecule has 5 atom stereocenters. The van der Waals surface area contributed by atoms with Gasteiger partial charge < -0.3 is 29.6 Å². The maximum absolute atomic E-state index is 14.0. The second-order valence-corrected chi connectivity index (χ2v) is 14.1. The molecule has 1 saturated carbocycles. The Morgan fingerprint density at radius 2 is 1.87 bits per heavy atom. The molecule has 8 heteroatoms. The molecule has 2 amide bonds. The summed E-state index contributed by atoms with van der Waals surface area (Å²) < 4.78 is 11.5. The molecule has 3 N–H and O–H groups in total. The Morgan fingerprint density at radius 3 is 2.62 bits per heavy atom. The van der Waals surface area contributed by atoms with E-state index < -0.39 is 17.1 Å². The molecule has 0 unspecified atom stereocenters. The van der Waals surface area contributed by atoms with E-state index in [1.165, 1.54) is 11.8 Å². The van der Waals surface area contributed by atoms with E-state index in [4.69, 9.17) is 9.15 Å². The number of carbonyl (C=O) groups excluding carboxylic acids is 2. The lowest BCUT2D eigenvalue weighted by atomic mass is 9.64. The van der Waals surface area contributed by atoms with Crippen molar-refractivity contribution < 1.29 is 29.0 Å². The van der Waals surface area contributed by atoms with Gasteiger partial charge in [0, 0.05) is 29.8 Å². The zero-order valence-corrected chi connectivity index (χ0v) is 27.6. The van der Waals surface area contributed by atoms with Gasteiger partial charge in [-0.2, -0.15) is 0 Å².